The Balaban J connectivity index is 1.51. The normalized spacial score (nSPS) is 21.8. The van der Waals surface area contributed by atoms with Crippen LogP contribution < -0.4 is 5.32 Å². The Labute approximate surface area is 205 Å². The van der Waals surface area contributed by atoms with Crippen LogP contribution in [0, 0.1) is 5.92 Å². The summed E-state index contributed by atoms with van der Waals surface area (Å²) >= 11 is 0. The van der Waals surface area contributed by atoms with Gasteiger partial charge in [-0.3, -0.25) is 19.3 Å². The molecule has 1 fully saturated rings. The number of carbonyl (C=O) groups excluding carboxylic acids is 3. The van der Waals surface area contributed by atoms with Gasteiger partial charge in [0.05, 0.1) is 28.2 Å². The lowest BCUT2D eigenvalue weighted by atomic mass is 10.0. The van der Waals surface area contributed by atoms with E-state index in [9.17, 15) is 22.8 Å². The van der Waals surface area contributed by atoms with E-state index in [1.54, 1.807) is 38.1 Å². The van der Waals surface area contributed by atoms with Gasteiger partial charge in [0.15, 0.2) is 0 Å². The van der Waals surface area contributed by atoms with Crippen molar-refractivity contribution in [1.29, 1.82) is 0 Å². The fourth-order valence-corrected chi connectivity index (χ4v) is 6.17. The number of amides is 3. The Morgan fingerprint density at radius 1 is 0.943 bits per heavy atom. The first-order valence-electron chi connectivity index (χ1n) is 11.5. The van der Waals surface area contributed by atoms with E-state index in [-0.39, 0.29) is 47.2 Å². The smallest absolute Gasteiger partial charge is 0.262 e. The molecule has 0 aromatic heterocycles. The summed E-state index contributed by atoms with van der Waals surface area (Å²) in [5, 5.41) is 2.73. The molecule has 0 saturated carbocycles. The van der Waals surface area contributed by atoms with Crippen LogP contribution in [-0.4, -0.2) is 66.7 Å². The fraction of sp³-hybridized carbons (Fsp3) is 0.400. The van der Waals surface area contributed by atoms with Crippen molar-refractivity contribution in [3.05, 3.63) is 59.7 Å². The first-order valence-corrected chi connectivity index (χ1v) is 13.0. The SMILES string of the molecule is CC1CN(S(=O)(=O)c2ccc(NC(=O)C(C(C)C)N3C(=O)c4ccccc4C3=O)cc2)CC(C)O1. The van der Waals surface area contributed by atoms with Crippen LogP contribution in [0.1, 0.15) is 48.4 Å². The average Bonchev–Trinajstić information content (AvgIpc) is 3.04. The molecule has 3 atom stereocenters. The highest BCUT2D eigenvalue weighted by Gasteiger charge is 2.44. The zero-order valence-electron chi connectivity index (χ0n) is 20.1. The molecule has 2 aliphatic heterocycles. The predicted octanol–water partition coefficient (Wildman–Crippen LogP) is 2.74. The van der Waals surface area contributed by atoms with Crippen molar-refractivity contribution in [2.75, 3.05) is 18.4 Å². The molecule has 1 N–H and O–H groups in total. The Morgan fingerprint density at radius 3 is 1.94 bits per heavy atom. The van der Waals surface area contributed by atoms with Gasteiger partial charge in [-0.25, -0.2) is 8.42 Å². The van der Waals surface area contributed by atoms with E-state index in [0.717, 1.165) is 4.90 Å². The van der Waals surface area contributed by atoms with Gasteiger partial charge in [-0.05, 0) is 56.2 Å². The molecule has 0 spiro atoms. The fourth-order valence-electron chi connectivity index (χ4n) is 4.58. The molecule has 2 aromatic carbocycles. The van der Waals surface area contributed by atoms with Gasteiger partial charge < -0.3 is 10.1 Å². The summed E-state index contributed by atoms with van der Waals surface area (Å²) in [5.74, 6) is -1.88. The molecule has 9 nitrogen and oxygen atoms in total. The molecule has 4 rings (SSSR count). The lowest BCUT2D eigenvalue weighted by Gasteiger charge is -2.34. The van der Waals surface area contributed by atoms with Crippen molar-refractivity contribution in [2.24, 2.45) is 5.92 Å². The molecular weight excluding hydrogens is 470 g/mol. The number of anilines is 1. The van der Waals surface area contributed by atoms with Gasteiger partial charge >= 0.3 is 0 Å². The maximum atomic E-state index is 13.2. The molecule has 2 aromatic rings. The van der Waals surface area contributed by atoms with E-state index in [0.29, 0.717) is 5.69 Å². The van der Waals surface area contributed by atoms with Crippen molar-refractivity contribution in [2.45, 2.75) is 50.8 Å². The van der Waals surface area contributed by atoms with Gasteiger partial charge in [-0.1, -0.05) is 26.0 Å². The molecule has 35 heavy (non-hydrogen) atoms. The van der Waals surface area contributed by atoms with E-state index >= 15 is 0 Å². The minimum atomic E-state index is -3.72. The van der Waals surface area contributed by atoms with Gasteiger partial charge in [-0.2, -0.15) is 4.31 Å². The Bertz CT molecular complexity index is 1210. The van der Waals surface area contributed by atoms with Crippen molar-refractivity contribution in [3.63, 3.8) is 0 Å². The molecule has 186 valence electrons. The van der Waals surface area contributed by atoms with Gasteiger partial charge in [0.25, 0.3) is 11.8 Å². The molecule has 0 radical (unpaired) electrons. The van der Waals surface area contributed by atoms with Crippen molar-refractivity contribution >= 4 is 33.4 Å². The number of benzene rings is 2. The third-order valence-electron chi connectivity index (χ3n) is 6.15. The molecule has 0 bridgehead atoms. The first-order chi connectivity index (χ1) is 16.5. The highest BCUT2D eigenvalue weighted by atomic mass is 32.2. The second-order valence-electron chi connectivity index (χ2n) is 9.31. The molecule has 2 aliphatic rings. The monoisotopic (exact) mass is 499 g/mol. The van der Waals surface area contributed by atoms with Crippen LogP contribution in [0.4, 0.5) is 5.69 Å². The number of fused-ring (bicyclic) bond motifs is 1. The first kappa shape index (κ1) is 25.0. The lowest BCUT2D eigenvalue weighted by Crippen LogP contribution is -2.50. The Hall–Kier alpha value is -3.08. The zero-order valence-corrected chi connectivity index (χ0v) is 20.9. The lowest BCUT2D eigenvalue weighted by molar-refractivity contribution is -0.121. The third kappa shape index (κ3) is 4.73. The van der Waals surface area contributed by atoms with Crippen molar-refractivity contribution < 1.29 is 27.5 Å². The molecule has 2 heterocycles. The topological polar surface area (TPSA) is 113 Å². The second-order valence-corrected chi connectivity index (χ2v) is 11.2. The molecule has 10 heteroatoms. The quantitative estimate of drug-likeness (QED) is 0.612. The van der Waals surface area contributed by atoms with Crippen LogP contribution in [0.3, 0.4) is 0 Å². The third-order valence-corrected chi connectivity index (χ3v) is 8.00. The summed E-state index contributed by atoms with van der Waals surface area (Å²) in [5.41, 5.74) is 0.912. The van der Waals surface area contributed by atoms with E-state index in [1.165, 1.54) is 28.6 Å². The minimum absolute atomic E-state index is 0.109. The molecule has 3 unspecified atom stereocenters. The minimum Gasteiger partial charge on any atom is -0.373 e. The maximum absolute atomic E-state index is 13.2. The molecular formula is C25H29N3O6S. The summed E-state index contributed by atoms with van der Waals surface area (Å²) in [4.78, 5) is 40.1. The van der Waals surface area contributed by atoms with E-state index < -0.39 is 33.8 Å². The number of hydrogen-bond acceptors (Lipinski definition) is 6. The molecule has 3 amide bonds. The van der Waals surface area contributed by atoms with Crippen LogP contribution in [-0.2, 0) is 19.6 Å². The van der Waals surface area contributed by atoms with Gasteiger partial charge in [0, 0.05) is 18.8 Å². The maximum Gasteiger partial charge on any atom is 0.262 e. The van der Waals surface area contributed by atoms with Crippen LogP contribution in [0.15, 0.2) is 53.4 Å². The number of ether oxygens (including phenoxy) is 1. The Morgan fingerprint density at radius 2 is 1.46 bits per heavy atom. The van der Waals surface area contributed by atoms with Crippen LogP contribution >= 0.6 is 0 Å². The van der Waals surface area contributed by atoms with E-state index in [1.807, 2.05) is 13.8 Å². The standard InChI is InChI=1S/C25H29N3O6S/c1-15(2)22(28-24(30)20-7-5-6-8-21(20)25(28)31)23(29)26-18-9-11-19(12-10-18)35(32,33)27-13-16(3)34-17(4)14-27/h5-12,15-17,22H,13-14H2,1-4H3,(H,26,29). The highest BCUT2D eigenvalue weighted by Crippen LogP contribution is 2.28. The number of hydrogen-bond donors (Lipinski definition) is 1. The number of nitrogens with zero attached hydrogens (tertiary/aromatic N) is 2. The zero-order chi connectivity index (χ0) is 25.5. The van der Waals surface area contributed by atoms with Crippen LogP contribution in [0.5, 0.6) is 0 Å². The number of morpholine rings is 1. The number of imide groups is 1. The van der Waals surface area contributed by atoms with Gasteiger partial charge in [0.1, 0.15) is 6.04 Å². The summed E-state index contributed by atoms with van der Waals surface area (Å²) in [7, 11) is -3.72. The van der Waals surface area contributed by atoms with E-state index in [4.69, 9.17) is 4.74 Å². The van der Waals surface area contributed by atoms with E-state index in [2.05, 4.69) is 5.32 Å². The summed E-state index contributed by atoms with van der Waals surface area (Å²) < 4.78 is 33.2. The molecule has 1 saturated heterocycles. The Kier molecular flexibility index (Phi) is 6.81. The average molecular weight is 500 g/mol. The van der Waals surface area contributed by atoms with Gasteiger partial charge in [0.2, 0.25) is 15.9 Å². The van der Waals surface area contributed by atoms with Crippen molar-refractivity contribution in [1.82, 2.24) is 9.21 Å². The second kappa shape index (κ2) is 9.52. The van der Waals surface area contributed by atoms with Crippen molar-refractivity contribution in [3.8, 4) is 0 Å². The van der Waals surface area contributed by atoms with Gasteiger partial charge in [-0.15, -0.1) is 0 Å². The van der Waals surface area contributed by atoms with Crippen LogP contribution in [0.25, 0.3) is 0 Å². The summed E-state index contributed by atoms with van der Waals surface area (Å²) in [6, 6.07) is 11.3. The van der Waals surface area contributed by atoms with Crippen LogP contribution in [0.2, 0.25) is 0 Å². The number of sulfonamides is 1. The summed E-state index contributed by atoms with van der Waals surface area (Å²) in [6.45, 7) is 7.71. The summed E-state index contributed by atoms with van der Waals surface area (Å²) in [6.07, 6.45) is -0.413. The number of nitrogens with one attached hydrogen (secondary N) is 1. The number of carbonyl (C=O) groups is 3. The predicted molar refractivity (Wildman–Crippen MR) is 129 cm³/mol. The highest BCUT2D eigenvalue weighted by molar-refractivity contribution is 7.89. The number of rotatable bonds is 6. The molecule has 0 aliphatic carbocycles. The largest absolute Gasteiger partial charge is 0.373 e.